The summed E-state index contributed by atoms with van der Waals surface area (Å²) in [7, 11) is 2.03. The molecule has 112 valence electrons. The molecular weight excluding hydrogens is 270 g/mol. The lowest BCUT2D eigenvalue weighted by Gasteiger charge is -2.24. The Labute approximate surface area is 132 Å². The van der Waals surface area contributed by atoms with Crippen molar-refractivity contribution in [2.24, 2.45) is 0 Å². The van der Waals surface area contributed by atoms with Crippen molar-refractivity contribution in [2.75, 3.05) is 11.9 Å². The van der Waals surface area contributed by atoms with Gasteiger partial charge in [0.05, 0.1) is 0 Å². The summed E-state index contributed by atoms with van der Waals surface area (Å²) in [5.74, 6) is 0.0556. The Hall–Kier alpha value is -2.35. The lowest BCUT2D eigenvalue weighted by Crippen LogP contribution is -2.24. The number of allylic oxidation sites excluding steroid dienone is 2. The topological polar surface area (TPSA) is 20.3 Å². The molecule has 0 saturated heterocycles. The number of hydrogen-bond donors (Lipinski definition) is 0. The third-order valence-electron chi connectivity index (χ3n) is 4.51. The van der Waals surface area contributed by atoms with Gasteiger partial charge in [0.1, 0.15) is 0 Å². The first kappa shape index (κ1) is 14.6. The van der Waals surface area contributed by atoms with Crippen LogP contribution in [0.2, 0.25) is 0 Å². The second kappa shape index (κ2) is 5.13. The van der Waals surface area contributed by atoms with E-state index < -0.39 is 0 Å². The number of carbonyl (C=O) groups excluding carboxylic acids is 1. The monoisotopic (exact) mass is 291 g/mol. The van der Waals surface area contributed by atoms with Crippen LogP contribution in [-0.4, -0.2) is 12.8 Å². The number of rotatable bonds is 2. The molecule has 0 aliphatic carbocycles. The number of likely N-dealkylation sites (N-methyl/N-ethyl adjacent to an activating group) is 1. The highest BCUT2D eigenvalue weighted by Crippen LogP contribution is 2.47. The van der Waals surface area contributed by atoms with E-state index in [1.807, 2.05) is 37.4 Å². The summed E-state index contributed by atoms with van der Waals surface area (Å²) in [6.45, 7) is 6.46. The molecule has 0 amide bonds. The lowest BCUT2D eigenvalue weighted by atomic mass is 9.82. The average molecular weight is 291 g/mol. The van der Waals surface area contributed by atoms with Crippen LogP contribution in [0.4, 0.5) is 5.69 Å². The smallest absolute Gasteiger partial charge is 0.187 e. The molecule has 0 bridgehead atoms. The predicted molar refractivity (Wildman–Crippen MR) is 91.5 cm³/mol. The summed E-state index contributed by atoms with van der Waals surface area (Å²) < 4.78 is 0. The molecule has 2 aromatic rings. The van der Waals surface area contributed by atoms with Gasteiger partial charge in [-0.3, -0.25) is 4.79 Å². The Balaban J connectivity index is 2.06. The van der Waals surface area contributed by atoms with Crippen LogP contribution in [0.15, 0.2) is 60.3 Å². The molecular formula is C20H21NO. The number of carbonyl (C=O) groups is 1. The van der Waals surface area contributed by atoms with E-state index in [0.717, 1.165) is 11.3 Å². The molecule has 0 aromatic heterocycles. The molecule has 0 atom stereocenters. The molecule has 2 nitrogen and oxygen atoms in total. The van der Waals surface area contributed by atoms with Crippen LogP contribution in [0.1, 0.15) is 35.3 Å². The van der Waals surface area contributed by atoms with E-state index in [-0.39, 0.29) is 11.2 Å². The van der Waals surface area contributed by atoms with Crippen LogP contribution in [0, 0.1) is 6.92 Å². The molecule has 22 heavy (non-hydrogen) atoms. The Kier molecular flexibility index (Phi) is 3.40. The minimum atomic E-state index is -0.166. The van der Waals surface area contributed by atoms with Gasteiger partial charge in [-0.2, -0.15) is 0 Å². The normalized spacial score (nSPS) is 17.6. The number of nitrogens with zero attached hydrogens (tertiary/aromatic N) is 1. The summed E-state index contributed by atoms with van der Waals surface area (Å²) in [6, 6.07) is 15.9. The quantitative estimate of drug-likeness (QED) is 0.600. The van der Waals surface area contributed by atoms with E-state index >= 15 is 0 Å². The second-order valence-corrected chi connectivity index (χ2v) is 6.46. The van der Waals surface area contributed by atoms with Gasteiger partial charge in [0.2, 0.25) is 0 Å². The average Bonchev–Trinajstić information content (AvgIpc) is 2.69. The van der Waals surface area contributed by atoms with E-state index in [2.05, 4.69) is 43.9 Å². The number of aryl methyl sites for hydroxylation is 1. The van der Waals surface area contributed by atoms with Gasteiger partial charge in [0.25, 0.3) is 0 Å². The minimum absolute atomic E-state index is 0.0556. The molecule has 0 spiro atoms. The van der Waals surface area contributed by atoms with Crippen LogP contribution in [0.3, 0.4) is 0 Å². The summed E-state index contributed by atoms with van der Waals surface area (Å²) in [5.41, 5.74) is 5.31. The van der Waals surface area contributed by atoms with E-state index in [1.54, 1.807) is 6.08 Å². The fraction of sp³-hybridized carbons (Fsp3) is 0.250. The Morgan fingerprint density at radius 3 is 2.45 bits per heavy atom. The molecule has 0 unspecified atom stereocenters. The maximum atomic E-state index is 12.5. The molecule has 0 fully saturated rings. The van der Waals surface area contributed by atoms with Crippen molar-refractivity contribution in [1.82, 2.24) is 0 Å². The summed E-state index contributed by atoms with van der Waals surface area (Å²) in [4.78, 5) is 14.7. The molecule has 0 N–H and O–H groups in total. The van der Waals surface area contributed by atoms with Gasteiger partial charge < -0.3 is 4.90 Å². The zero-order valence-corrected chi connectivity index (χ0v) is 13.6. The van der Waals surface area contributed by atoms with Gasteiger partial charge in [-0.15, -0.1) is 0 Å². The van der Waals surface area contributed by atoms with E-state index in [4.69, 9.17) is 0 Å². The highest BCUT2D eigenvalue weighted by Gasteiger charge is 2.38. The van der Waals surface area contributed by atoms with Crippen LogP contribution in [0.5, 0.6) is 0 Å². The highest BCUT2D eigenvalue weighted by atomic mass is 16.1. The number of fused-ring (bicyclic) bond motifs is 1. The summed E-state index contributed by atoms with van der Waals surface area (Å²) in [6.07, 6.45) is 1.78. The maximum Gasteiger partial charge on any atom is 0.187 e. The van der Waals surface area contributed by atoms with Gasteiger partial charge in [-0.1, -0.05) is 61.9 Å². The van der Waals surface area contributed by atoms with Gasteiger partial charge in [0.15, 0.2) is 5.78 Å². The molecule has 2 heteroatoms. The van der Waals surface area contributed by atoms with Crippen LogP contribution < -0.4 is 4.90 Å². The van der Waals surface area contributed by atoms with E-state index in [9.17, 15) is 4.79 Å². The maximum absolute atomic E-state index is 12.5. The second-order valence-electron chi connectivity index (χ2n) is 6.46. The third kappa shape index (κ3) is 2.25. The SMILES string of the molecule is Cc1ccc2c(c1)C(C)(C)C(=CC(=O)c1ccccc1)N2C. The van der Waals surface area contributed by atoms with Crippen molar-refractivity contribution in [3.8, 4) is 0 Å². The van der Waals surface area contributed by atoms with E-state index in [1.165, 1.54) is 16.8 Å². The van der Waals surface area contributed by atoms with Crippen molar-refractivity contribution in [3.05, 3.63) is 77.0 Å². The number of anilines is 1. The van der Waals surface area contributed by atoms with Crippen molar-refractivity contribution in [2.45, 2.75) is 26.2 Å². The number of benzene rings is 2. The number of ketones is 1. The lowest BCUT2D eigenvalue weighted by molar-refractivity contribution is 0.104. The van der Waals surface area contributed by atoms with Crippen LogP contribution in [-0.2, 0) is 5.41 Å². The van der Waals surface area contributed by atoms with Crippen LogP contribution in [0.25, 0.3) is 0 Å². The first-order valence-electron chi connectivity index (χ1n) is 7.57. The van der Waals surface area contributed by atoms with E-state index in [0.29, 0.717) is 0 Å². The van der Waals surface area contributed by atoms with Gasteiger partial charge >= 0.3 is 0 Å². The summed E-state index contributed by atoms with van der Waals surface area (Å²) >= 11 is 0. The first-order valence-corrected chi connectivity index (χ1v) is 7.57. The van der Waals surface area contributed by atoms with Crippen molar-refractivity contribution in [1.29, 1.82) is 0 Å². The third-order valence-corrected chi connectivity index (χ3v) is 4.51. The fourth-order valence-corrected chi connectivity index (χ4v) is 3.22. The molecule has 0 saturated carbocycles. The summed E-state index contributed by atoms with van der Waals surface area (Å²) in [5, 5.41) is 0. The van der Waals surface area contributed by atoms with Gasteiger partial charge in [-0.25, -0.2) is 0 Å². The molecule has 1 heterocycles. The van der Waals surface area contributed by atoms with Crippen LogP contribution >= 0.6 is 0 Å². The highest BCUT2D eigenvalue weighted by molar-refractivity contribution is 6.05. The molecule has 2 aromatic carbocycles. The molecule has 3 rings (SSSR count). The van der Waals surface area contributed by atoms with Crippen molar-refractivity contribution in [3.63, 3.8) is 0 Å². The molecule has 1 aliphatic rings. The molecule has 1 aliphatic heterocycles. The van der Waals surface area contributed by atoms with Crippen molar-refractivity contribution < 1.29 is 4.79 Å². The van der Waals surface area contributed by atoms with Crippen molar-refractivity contribution >= 4 is 11.5 Å². The largest absolute Gasteiger partial charge is 0.347 e. The Morgan fingerprint density at radius 1 is 1.09 bits per heavy atom. The number of hydrogen-bond acceptors (Lipinski definition) is 2. The molecule has 0 radical (unpaired) electrons. The predicted octanol–water partition coefficient (Wildman–Crippen LogP) is 4.49. The first-order chi connectivity index (χ1) is 10.4. The Morgan fingerprint density at radius 2 is 1.77 bits per heavy atom. The Bertz CT molecular complexity index is 757. The zero-order chi connectivity index (χ0) is 15.9. The van der Waals surface area contributed by atoms with Gasteiger partial charge in [0, 0.05) is 35.5 Å². The fourth-order valence-electron chi connectivity index (χ4n) is 3.22. The zero-order valence-electron chi connectivity index (χ0n) is 13.6. The standard InChI is InChI=1S/C20H21NO/c1-14-10-11-17-16(12-14)20(2,3)19(21(17)4)13-18(22)15-8-6-5-7-9-15/h5-13H,1-4H3. The van der Waals surface area contributed by atoms with Gasteiger partial charge in [-0.05, 0) is 18.6 Å². The minimum Gasteiger partial charge on any atom is -0.347 e.